The lowest BCUT2D eigenvalue weighted by Gasteiger charge is -2.21. The molecule has 1 aliphatic rings. The maximum Gasteiger partial charge on any atom is 0.338 e. The lowest BCUT2D eigenvalue weighted by Crippen LogP contribution is -2.32. The van der Waals surface area contributed by atoms with E-state index in [2.05, 4.69) is 19.1 Å². The number of hydrogen-bond donors (Lipinski definition) is 1. The smallest absolute Gasteiger partial charge is 0.338 e. The summed E-state index contributed by atoms with van der Waals surface area (Å²) in [6.45, 7) is 2.61. The first-order chi connectivity index (χ1) is 11.1. The van der Waals surface area contributed by atoms with Crippen molar-refractivity contribution in [1.29, 1.82) is 0 Å². The van der Waals surface area contributed by atoms with Crippen LogP contribution in [0, 0.1) is 0 Å². The van der Waals surface area contributed by atoms with Crippen LogP contribution in [-0.2, 0) is 13.0 Å². The van der Waals surface area contributed by atoms with Gasteiger partial charge in [0, 0.05) is 18.7 Å². The first-order valence-electron chi connectivity index (χ1n) is 7.79. The van der Waals surface area contributed by atoms with Crippen molar-refractivity contribution in [3.05, 3.63) is 59.0 Å². The molecule has 0 bridgehead atoms. The van der Waals surface area contributed by atoms with Crippen LogP contribution in [0.5, 0.6) is 0 Å². The van der Waals surface area contributed by atoms with Gasteiger partial charge in [-0.05, 0) is 30.4 Å². The monoisotopic (exact) mass is 313 g/mol. The molecule has 120 valence electrons. The van der Waals surface area contributed by atoms with Gasteiger partial charge < -0.3 is 14.4 Å². The highest BCUT2D eigenvalue weighted by Crippen LogP contribution is 2.30. The fourth-order valence-corrected chi connectivity index (χ4v) is 2.53. The number of carboxylic acids is 1. The Morgan fingerprint density at radius 1 is 1.22 bits per heavy atom. The van der Waals surface area contributed by atoms with Crippen molar-refractivity contribution in [3.63, 3.8) is 0 Å². The number of aryl methyl sites for hydroxylation is 1. The number of carbonyl (C=O) groups excluding carboxylic acids is 1. The largest absolute Gasteiger partial charge is 0.478 e. The third-order valence-electron chi connectivity index (χ3n) is 4.09. The van der Waals surface area contributed by atoms with Crippen LogP contribution >= 0.6 is 0 Å². The molecule has 5 nitrogen and oxygen atoms in total. The third kappa shape index (κ3) is 3.44. The molecule has 1 N–H and O–H groups in total. The Balaban J connectivity index is 1.77. The number of aromatic carboxylic acids is 1. The molecule has 23 heavy (non-hydrogen) atoms. The summed E-state index contributed by atoms with van der Waals surface area (Å²) in [6, 6.07) is 9.71. The van der Waals surface area contributed by atoms with Gasteiger partial charge in [0.2, 0.25) is 0 Å². The molecule has 1 saturated carbocycles. The van der Waals surface area contributed by atoms with E-state index >= 15 is 0 Å². The van der Waals surface area contributed by atoms with Gasteiger partial charge in [-0.2, -0.15) is 0 Å². The highest BCUT2D eigenvalue weighted by Gasteiger charge is 2.34. The van der Waals surface area contributed by atoms with Crippen molar-refractivity contribution < 1.29 is 19.1 Å². The van der Waals surface area contributed by atoms with Gasteiger partial charge in [-0.1, -0.05) is 31.2 Å². The summed E-state index contributed by atoms with van der Waals surface area (Å²) in [5.41, 5.74) is 2.32. The van der Waals surface area contributed by atoms with E-state index in [4.69, 9.17) is 9.52 Å². The molecule has 1 aromatic carbocycles. The average Bonchev–Trinajstić information content (AvgIpc) is 3.27. The van der Waals surface area contributed by atoms with Crippen molar-refractivity contribution in [2.75, 3.05) is 0 Å². The predicted octanol–water partition coefficient (Wildman–Crippen LogP) is 3.35. The minimum absolute atomic E-state index is 0.00334. The van der Waals surface area contributed by atoms with Crippen molar-refractivity contribution in [1.82, 2.24) is 4.90 Å². The number of rotatable bonds is 6. The molecule has 0 spiro atoms. The standard InChI is InChI=1S/C18H19NO4/c1-2-12-3-5-13(6-4-12)10-19(15-7-8-15)17(20)16-9-14(11-23-16)18(21)22/h3-6,9,11,15H,2,7-8,10H2,1H3,(H,21,22). The summed E-state index contributed by atoms with van der Waals surface area (Å²) in [6.07, 6.45) is 4.04. The van der Waals surface area contributed by atoms with Crippen molar-refractivity contribution in [2.24, 2.45) is 0 Å². The molecule has 0 aliphatic heterocycles. The fraction of sp³-hybridized carbons (Fsp3) is 0.333. The van der Waals surface area contributed by atoms with Crippen LogP contribution in [0.4, 0.5) is 0 Å². The Hall–Kier alpha value is -2.56. The predicted molar refractivity (Wildman–Crippen MR) is 84.4 cm³/mol. The summed E-state index contributed by atoms with van der Waals surface area (Å²) >= 11 is 0. The van der Waals surface area contributed by atoms with E-state index in [0.29, 0.717) is 6.54 Å². The van der Waals surface area contributed by atoms with Gasteiger partial charge in [-0.3, -0.25) is 4.79 Å². The molecular weight excluding hydrogens is 294 g/mol. The first-order valence-corrected chi connectivity index (χ1v) is 7.79. The van der Waals surface area contributed by atoms with E-state index in [0.717, 1.165) is 31.1 Å². The highest BCUT2D eigenvalue weighted by molar-refractivity contribution is 5.95. The molecule has 0 saturated heterocycles. The quantitative estimate of drug-likeness (QED) is 0.888. The van der Waals surface area contributed by atoms with Gasteiger partial charge in [0.05, 0.1) is 5.56 Å². The normalized spacial score (nSPS) is 13.8. The lowest BCUT2D eigenvalue weighted by molar-refractivity contribution is 0.0688. The number of carboxylic acid groups (broad SMARTS) is 1. The molecule has 1 amide bonds. The Labute approximate surface area is 134 Å². The molecule has 1 aliphatic carbocycles. The van der Waals surface area contributed by atoms with Gasteiger partial charge in [0.1, 0.15) is 6.26 Å². The fourth-order valence-electron chi connectivity index (χ4n) is 2.53. The van der Waals surface area contributed by atoms with Crippen molar-refractivity contribution in [2.45, 2.75) is 38.8 Å². The second-order valence-corrected chi connectivity index (χ2v) is 5.84. The summed E-state index contributed by atoms with van der Waals surface area (Å²) in [5.74, 6) is -1.26. The maximum atomic E-state index is 12.6. The molecule has 0 radical (unpaired) electrons. The van der Waals surface area contributed by atoms with E-state index in [1.165, 1.54) is 11.6 Å². The average molecular weight is 313 g/mol. The van der Waals surface area contributed by atoms with Gasteiger partial charge in [-0.15, -0.1) is 0 Å². The Morgan fingerprint density at radius 3 is 2.39 bits per heavy atom. The van der Waals surface area contributed by atoms with Crippen LogP contribution < -0.4 is 0 Å². The summed E-state index contributed by atoms with van der Waals surface area (Å²) in [4.78, 5) is 25.3. The Bertz CT molecular complexity index is 713. The number of nitrogens with zero attached hydrogens (tertiary/aromatic N) is 1. The van der Waals surface area contributed by atoms with Crippen LogP contribution in [0.1, 0.15) is 51.8 Å². The lowest BCUT2D eigenvalue weighted by atomic mass is 10.1. The van der Waals surface area contributed by atoms with E-state index in [1.807, 2.05) is 12.1 Å². The maximum absolute atomic E-state index is 12.6. The molecule has 0 atom stereocenters. The Morgan fingerprint density at radius 2 is 1.87 bits per heavy atom. The van der Waals surface area contributed by atoms with Crippen molar-refractivity contribution >= 4 is 11.9 Å². The topological polar surface area (TPSA) is 70.8 Å². The molecule has 2 aromatic rings. The molecule has 3 rings (SSSR count). The number of hydrogen-bond acceptors (Lipinski definition) is 3. The molecule has 1 heterocycles. The van der Waals surface area contributed by atoms with Gasteiger partial charge >= 0.3 is 5.97 Å². The summed E-state index contributed by atoms with van der Waals surface area (Å²) in [7, 11) is 0. The van der Waals surface area contributed by atoms with Gasteiger partial charge in [0.15, 0.2) is 5.76 Å². The van der Waals surface area contributed by atoms with Crippen LogP contribution in [-0.4, -0.2) is 27.9 Å². The summed E-state index contributed by atoms with van der Waals surface area (Å²) in [5, 5.41) is 8.94. The summed E-state index contributed by atoms with van der Waals surface area (Å²) < 4.78 is 5.15. The Kier molecular flexibility index (Phi) is 4.19. The van der Waals surface area contributed by atoms with E-state index in [9.17, 15) is 9.59 Å². The van der Waals surface area contributed by atoms with E-state index in [-0.39, 0.29) is 23.3 Å². The van der Waals surface area contributed by atoms with Gasteiger partial charge in [-0.25, -0.2) is 4.79 Å². The minimum Gasteiger partial charge on any atom is -0.478 e. The minimum atomic E-state index is -1.10. The van der Waals surface area contributed by atoms with E-state index < -0.39 is 5.97 Å². The second-order valence-electron chi connectivity index (χ2n) is 5.84. The molecule has 1 aromatic heterocycles. The zero-order valence-corrected chi connectivity index (χ0v) is 13.0. The van der Waals surface area contributed by atoms with Crippen LogP contribution in [0.3, 0.4) is 0 Å². The van der Waals surface area contributed by atoms with Crippen LogP contribution in [0.2, 0.25) is 0 Å². The van der Waals surface area contributed by atoms with E-state index in [1.54, 1.807) is 4.90 Å². The van der Waals surface area contributed by atoms with Crippen LogP contribution in [0.25, 0.3) is 0 Å². The SMILES string of the molecule is CCc1ccc(CN(C(=O)c2cc(C(=O)O)co2)C2CC2)cc1. The van der Waals surface area contributed by atoms with Crippen molar-refractivity contribution in [3.8, 4) is 0 Å². The molecular formula is C18H19NO4. The second kappa shape index (κ2) is 6.28. The number of amides is 1. The van der Waals surface area contributed by atoms with Crippen LogP contribution in [0.15, 0.2) is 41.0 Å². The number of carbonyl (C=O) groups is 2. The zero-order valence-electron chi connectivity index (χ0n) is 13.0. The first kappa shape index (κ1) is 15.3. The molecule has 5 heteroatoms. The molecule has 1 fully saturated rings. The molecule has 0 unspecified atom stereocenters. The number of furan rings is 1. The highest BCUT2D eigenvalue weighted by atomic mass is 16.4. The number of benzene rings is 1. The zero-order chi connectivity index (χ0) is 16.4. The third-order valence-corrected chi connectivity index (χ3v) is 4.09. The van der Waals surface area contributed by atoms with Gasteiger partial charge in [0.25, 0.3) is 5.91 Å².